The number of halogens is 3. The quantitative estimate of drug-likeness (QED) is 0.667. The van der Waals surface area contributed by atoms with E-state index >= 15 is 0 Å². The molecule has 2 nitrogen and oxygen atoms in total. The number of carbonyl (C=O) groups is 1. The van der Waals surface area contributed by atoms with E-state index in [1.807, 2.05) is 0 Å². The minimum Gasteiger partial charge on any atom is -0.399 e. The van der Waals surface area contributed by atoms with Gasteiger partial charge in [-0.3, -0.25) is 4.79 Å². The van der Waals surface area contributed by atoms with E-state index in [1.165, 1.54) is 18.2 Å². The normalized spacial score (nSPS) is 10.4. The van der Waals surface area contributed by atoms with Crippen molar-refractivity contribution in [1.82, 2.24) is 0 Å². The molecule has 92 valence electrons. The second-order valence-corrected chi connectivity index (χ2v) is 4.90. The van der Waals surface area contributed by atoms with E-state index < -0.39 is 5.82 Å². The van der Waals surface area contributed by atoms with Crippen LogP contribution >= 0.6 is 27.5 Å². The number of nitrogens with two attached hydrogens (primary N) is 1. The van der Waals surface area contributed by atoms with Crippen LogP contribution in [0.3, 0.4) is 0 Å². The van der Waals surface area contributed by atoms with Gasteiger partial charge in [0.25, 0.3) is 0 Å². The smallest absolute Gasteiger partial charge is 0.195 e. The van der Waals surface area contributed by atoms with Gasteiger partial charge in [0.2, 0.25) is 0 Å². The minimum absolute atomic E-state index is 0.127. The third-order valence-corrected chi connectivity index (χ3v) is 3.47. The minimum atomic E-state index is -0.617. The van der Waals surface area contributed by atoms with Crippen LogP contribution in [0.5, 0.6) is 0 Å². The molecule has 5 heteroatoms. The van der Waals surface area contributed by atoms with Crippen LogP contribution in [0.25, 0.3) is 0 Å². The molecule has 0 atom stereocenters. The van der Waals surface area contributed by atoms with Gasteiger partial charge in [-0.25, -0.2) is 4.39 Å². The van der Waals surface area contributed by atoms with Crippen LogP contribution in [0.4, 0.5) is 10.1 Å². The van der Waals surface area contributed by atoms with Gasteiger partial charge in [0.15, 0.2) is 5.78 Å². The average molecular weight is 329 g/mol. The van der Waals surface area contributed by atoms with Crippen LogP contribution in [0.2, 0.25) is 5.02 Å². The maximum atomic E-state index is 13.3. The van der Waals surface area contributed by atoms with E-state index in [0.29, 0.717) is 15.7 Å². The van der Waals surface area contributed by atoms with Gasteiger partial charge in [0.05, 0.1) is 5.02 Å². The molecule has 0 heterocycles. The van der Waals surface area contributed by atoms with Crippen molar-refractivity contribution >= 4 is 39.0 Å². The lowest BCUT2D eigenvalue weighted by atomic mass is 10.0. The van der Waals surface area contributed by atoms with Crippen molar-refractivity contribution in [3.05, 3.63) is 62.8 Å². The number of carbonyl (C=O) groups excluding carboxylic acids is 1. The Kier molecular flexibility index (Phi) is 3.68. The maximum absolute atomic E-state index is 13.3. The summed E-state index contributed by atoms with van der Waals surface area (Å²) in [5.74, 6) is -0.972. The zero-order valence-corrected chi connectivity index (χ0v) is 11.4. The van der Waals surface area contributed by atoms with Crippen LogP contribution in [0, 0.1) is 5.82 Å². The number of hydrogen-bond acceptors (Lipinski definition) is 2. The van der Waals surface area contributed by atoms with Gasteiger partial charge in [0.1, 0.15) is 5.82 Å². The van der Waals surface area contributed by atoms with Gasteiger partial charge in [-0.2, -0.15) is 0 Å². The first-order chi connectivity index (χ1) is 8.50. The topological polar surface area (TPSA) is 43.1 Å². The van der Waals surface area contributed by atoms with Crippen LogP contribution < -0.4 is 5.73 Å². The molecule has 0 aliphatic rings. The first-order valence-electron chi connectivity index (χ1n) is 5.04. The molecule has 0 radical (unpaired) electrons. The van der Waals surface area contributed by atoms with Crippen molar-refractivity contribution in [2.75, 3.05) is 5.73 Å². The van der Waals surface area contributed by atoms with Gasteiger partial charge in [-0.15, -0.1) is 0 Å². The number of rotatable bonds is 2. The molecular formula is C13H8BrClFNO. The second-order valence-electron chi connectivity index (χ2n) is 3.67. The zero-order valence-electron chi connectivity index (χ0n) is 9.08. The lowest BCUT2D eigenvalue weighted by Crippen LogP contribution is -2.04. The molecule has 18 heavy (non-hydrogen) atoms. The predicted molar refractivity (Wildman–Crippen MR) is 73.4 cm³/mol. The highest BCUT2D eigenvalue weighted by Crippen LogP contribution is 2.27. The Balaban J connectivity index is 2.51. The third-order valence-electron chi connectivity index (χ3n) is 2.43. The van der Waals surface area contributed by atoms with Crippen molar-refractivity contribution in [2.24, 2.45) is 0 Å². The molecule has 0 aliphatic heterocycles. The molecule has 2 aromatic carbocycles. The van der Waals surface area contributed by atoms with Gasteiger partial charge >= 0.3 is 0 Å². The molecular weight excluding hydrogens is 321 g/mol. The van der Waals surface area contributed by atoms with E-state index in [4.69, 9.17) is 17.3 Å². The lowest BCUT2D eigenvalue weighted by molar-refractivity contribution is 0.103. The molecule has 0 spiro atoms. The van der Waals surface area contributed by atoms with Crippen LogP contribution in [-0.2, 0) is 0 Å². The largest absolute Gasteiger partial charge is 0.399 e. The molecule has 2 N–H and O–H groups in total. The monoisotopic (exact) mass is 327 g/mol. The fourth-order valence-electron chi connectivity index (χ4n) is 1.54. The summed E-state index contributed by atoms with van der Waals surface area (Å²) >= 11 is 9.04. The summed E-state index contributed by atoms with van der Waals surface area (Å²) in [6, 6.07) is 8.92. The Hall–Kier alpha value is -1.39. The molecule has 2 aromatic rings. The number of ketones is 1. The van der Waals surface area contributed by atoms with E-state index in [1.54, 1.807) is 18.2 Å². The van der Waals surface area contributed by atoms with Crippen molar-refractivity contribution in [3.63, 3.8) is 0 Å². The molecule has 0 fully saturated rings. The third kappa shape index (κ3) is 2.40. The number of anilines is 1. The Morgan fingerprint density at radius 3 is 2.61 bits per heavy atom. The van der Waals surface area contributed by atoms with Crippen molar-refractivity contribution < 1.29 is 9.18 Å². The maximum Gasteiger partial charge on any atom is 0.195 e. The van der Waals surface area contributed by atoms with Crippen molar-refractivity contribution in [1.29, 1.82) is 0 Å². The summed E-state index contributed by atoms with van der Waals surface area (Å²) in [7, 11) is 0. The van der Waals surface area contributed by atoms with Gasteiger partial charge < -0.3 is 5.73 Å². The molecule has 0 unspecified atom stereocenters. The van der Waals surface area contributed by atoms with Crippen molar-refractivity contribution in [2.45, 2.75) is 0 Å². The number of benzene rings is 2. The Bertz CT molecular complexity index is 630. The van der Waals surface area contributed by atoms with Crippen LogP contribution in [0.1, 0.15) is 15.9 Å². The summed E-state index contributed by atoms with van der Waals surface area (Å²) in [6.45, 7) is 0. The van der Waals surface area contributed by atoms with Crippen molar-refractivity contribution in [3.8, 4) is 0 Å². The van der Waals surface area contributed by atoms with E-state index in [2.05, 4.69) is 15.9 Å². The standard InChI is InChI=1S/C13H8BrClFNO/c14-10-6-7(17)4-5-8(10)13(18)9-2-1-3-11(16)12(9)15/h1-6H,17H2. The second kappa shape index (κ2) is 5.08. The number of nitrogen functional groups attached to an aromatic ring is 1. The number of hydrogen-bond donors (Lipinski definition) is 1. The molecule has 0 saturated heterocycles. The van der Waals surface area contributed by atoms with Gasteiger partial charge in [0, 0.05) is 21.3 Å². The molecule has 2 rings (SSSR count). The Morgan fingerprint density at radius 1 is 1.22 bits per heavy atom. The highest BCUT2D eigenvalue weighted by Gasteiger charge is 2.17. The van der Waals surface area contributed by atoms with E-state index in [0.717, 1.165) is 0 Å². The molecule has 0 saturated carbocycles. The zero-order chi connectivity index (χ0) is 13.3. The summed E-state index contributed by atoms with van der Waals surface area (Å²) < 4.78 is 13.9. The van der Waals surface area contributed by atoms with Gasteiger partial charge in [-0.05, 0) is 46.3 Å². The molecule has 0 amide bonds. The molecule has 0 aromatic heterocycles. The van der Waals surface area contributed by atoms with Gasteiger partial charge in [-0.1, -0.05) is 17.7 Å². The summed E-state index contributed by atoms with van der Waals surface area (Å²) in [4.78, 5) is 12.2. The highest BCUT2D eigenvalue weighted by molar-refractivity contribution is 9.10. The predicted octanol–water partition coefficient (Wildman–Crippen LogP) is 4.05. The Labute approximate surface area is 117 Å². The summed E-state index contributed by atoms with van der Waals surface area (Å²) in [5.41, 5.74) is 6.64. The van der Waals surface area contributed by atoms with Crippen LogP contribution in [0.15, 0.2) is 40.9 Å². The summed E-state index contributed by atoms with van der Waals surface area (Å²) in [6.07, 6.45) is 0. The SMILES string of the molecule is Nc1ccc(C(=O)c2cccc(F)c2Cl)c(Br)c1. The Morgan fingerprint density at radius 2 is 1.94 bits per heavy atom. The fourth-order valence-corrected chi connectivity index (χ4v) is 2.33. The highest BCUT2D eigenvalue weighted by atomic mass is 79.9. The van der Waals surface area contributed by atoms with E-state index in [-0.39, 0.29) is 16.4 Å². The summed E-state index contributed by atoms with van der Waals surface area (Å²) in [5, 5.41) is -0.175. The average Bonchev–Trinajstić information content (AvgIpc) is 2.32. The fraction of sp³-hybridized carbons (Fsp3) is 0. The molecule has 0 aliphatic carbocycles. The van der Waals surface area contributed by atoms with E-state index in [9.17, 15) is 9.18 Å². The molecule has 0 bridgehead atoms. The lowest BCUT2D eigenvalue weighted by Gasteiger charge is -2.07. The van der Waals surface area contributed by atoms with Crippen LogP contribution in [-0.4, -0.2) is 5.78 Å². The first kappa shape index (κ1) is 13.1. The first-order valence-corrected chi connectivity index (χ1v) is 6.21.